The molecule has 172 valence electrons. The van der Waals surface area contributed by atoms with Crippen molar-refractivity contribution in [2.75, 3.05) is 6.54 Å². The Hall–Kier alpha value is -3.55. The van der Waals surface area contributed by atoms with Crippen LogP contribution in [-0.2, 0) is 11.4 Å². The summed E-state index contributed by atoms with van der Waals surface area (Å²) in [5.74, 6) is -0.564. The van der Waals surface area contributed by atoms with Gasteiger partial charge in [0.15, 0.2) is 5.17 Å². The fourth-order valence-corrected chi connectivity index (χ4v) is 4.58. The third-order valence-corrected chi connectivity index (χ3v) is 6.44. The van der Waals surface area contributed by atoms with Gasteiger partial charge in [-0.1, -0.05) is 54.1 Å². The number of thioether (sulfide) groups is 1. The zero-order valence-electron chi connectivity index (χ0n) is 18.3. The molecule has 3 aromatic carbocycles. The molecule has 1 saturated heterocycles. The molecule has 1 amide bonds. The minimum Gasteiger partial charge on any atom is -0.488 e. The van der Waals surface area contributed by atoms with Crippen LogP contribution >= 0.6 is 23.4 Å². The second kappa shape index (κ2) is 10.6. The summed E-state index contributed by atoms with van der Waals surface area (Å²) in [6, 6.07) is 21.3. The number of ether oxygens (including phenoxy) is 1. The van der Waals surface area contributed by atoms with Crippen molar-refractivity contribution >= 4 is 52.2 Å². The van der Waals surface area contributed by atoms with Gasteiger partial charge < -0.3 is 9.84 Å². The van der Waals surface area contributed by atoms with Gasteiger partial charge in [0.25, 0.3) is 5.91 Å². The topological polar surface area (TPSA) is 79.2 Å². The highest BCUT2D eigenvalue weighted by Gasteiger charge is 2.32. The van der Waals surface area contributed by atoms with Crippen molar-refractivity contribution < 1.29 is 19.4 Å². The third-order valence-electron chi connectivity index (χ3n) is 5.07. The van der Waals surface area contributed by atoms with Crippen molar-refractivity contribution in [2.45, 2.75) is 13.5 Å². The van der Waals surface area contributed by atoms with Crippen LogP contribution in [0.5, 0.6) is 5.75 Å². The van der Waals surface area contributed by atoms with E-state index in [0.29, 0.717) is 39.7 Å². The summed E-state index contributed by atoms with van der Waals surface area (Å²) in [7, 11) is 0. The summed E-state index contributed by atoms with van der Waals surface area (Å²) >= 11 is 7.48. The molecule has 0 saturated carbocycles. The van der Waals surface area contributed by atoms with E-state index < -0.39 is 5.97 Å². The first-order chi connectivity index (χ1) is 16.5. The van der Waals surface area contributed by atoms with Gasteiger partial charge in [-0.2, -0.15) is 0 Å². The van der Waals surface area contributed by atoms with E-state index in [0.717, 1.165) is 11.1 Å². The highest BCUT2D eigenvalue weighted by Crippen LogP contribution is 2.35. The zero-order chi connectivity index (χ0) is 24.1. The van der Waals surface area contributed by atoms with Crippen LogP contribution in [0, 0.1) is 0 Å². The van der Waals surface area contributed by atoms with E-state index in [1.807, 2.05) is 55.5 Å². The number of carboxylic acids is 1. The predicted octanol–water partition coefficient (Wildman–Crippen LogP) is 6.24. The van der Waals surface area contributed by atoms with Crippen LogP contribution in [0.1, 0.15) is 28.4 Å². The van der Waals surface area contributed by atoms with Crippen molar-refractivity contribution in [1.82, 2.24) is 4.90 Å². The molecular formula is C26H21ClN2O4S. The number of amidine groups is 1. The molecule has 4 rings (SSSR count). The molecule has 0 unspecified atom stereocenters. The Morgan fingerprint density at radius 3 is 2.65 bits per heavy atom. The number of hydrogen-bond acceptors (Lipinski definition) is 5. The maximum atomic E-state index is 13.1. The SMILES string of the molecule is CCN1C(=O)C(=Cc2ccccc2OCc2ccccc2Cl)SC1=Nc1cccc(C(=O)O)c1. The highest BCUT2D eigenvalue weighted by atomic mass is 35.5. The van der Waals surface area contributed by atoms with Crippen LogP contribution < -0.4 is 4.74 Å². The number of carbonyl (C=O) groups excluding carboxylic acids is 1. The number of para-hydroxylation sites is 1. The molecule has 6 nitrogen and oxygen atoms in total. The van der Waals surface area contributed by atoms with Crippen molar-refractivity contribution in [1.29, 1.82) is 0 Å². The monoisotopic (exact) mass is 492 g/mol. The van der Waals surface area contributed by atoms with Crippen LogP contribution in [0.4, 0.5) is 5.69 Å². The molecule has 1 N–H and O–H groups in total. The van der Waals surface area contributed by atoms with E-state index in [1.165, 1.54) is 23.9 Å². The maximum Gasteiger partial charge on any atom is 0.335 e. The molecule has 8 heteroatoms. The number of hydrogen-bond donors (Lipinski definition) is 1. The molecule has 1 aliphatic heterocycles. The minimum absolute atomic E-state index is 0.139. The molecule has 0 aromatic heterocycles. The molecule has 0 radical (unpaired) electrons. The summed E-state index contributed by atoms with van der Waals surface area (Å²) in [6.45, 7) is 2.60. The number of likely N-dealkylation sites (N-methyl/N-ethyl adjacent to an activating group) is 1. The van der Waals surface area contributed by atoms with Crippen molar-refractivity contribution in [2.24, 2.45) is 4.99 Å². The molecule has 3 aromatic rings. The Balaban J connectivity index is 1.60. The average molecular weight is 493 g/mol. The lowest BCUT2D eigenvalue weighted by Gasteiger charge is -2.12. The Bertz CT molecular complexity index is 1310. The lowest BCUT2D eigenvalue weighted by molar-refractivity contribution is -0.122. The highest BCUT2D eigenvalue weighted by molar-refractivity contribution is 8.18. The van der Waals surface area contributed by atoms with E-state index in [-0.39, 0.29) is 11.5 Å². The van der Waals surface area contributed by atoms with Crippen LogP contribution in [0.2, 0.25) is 5.02 Å². The zero-order valence-corrected chi connectivity index (χ0v) is 19.8. The number of amides is 1. The standard InChI is InChI=1S/C26H21ClN2O4S/c1-2-29-24(30)23(34-26(29)28-20-11-7-10-18(14-20)25(31)32)15-17-8-4-6-13-22(17)33-16-19-9-3-5-12-21(19)27/h3-15H,2,16H2,1H3,(H,31,32). The van der Waals surface area contributed by atoms with Gasteiger partial charge in [-0.3, -0.25) is 9.69 Å². The predicted molar refractivity (Wildman–Crippen MR) is 136 cm³/mol. The Morgan fingerprint density at radius 2 is 1.88 bits per heavy atom. The first-order valence-electron chi connectivity index (χ1n) is 10.5. The van der Waals surface area contributed by atoms with Crippen molar-refractivity contribution in [3.8, 4) is 5.75 Å². The molecule has 0 spiro atoms. The number of aliphatic imine (C=N–C) groups is 1. The summed E-state index contributed by atoms with van der Waals surface area (Å²) in [5, 5.41) is 10.4. The molecule has 0 bridgehead atoms. The largest absolute Gasteiger partial charge is 0.488 e. The van der Waals surface area contributed by atoms with Gasteiger partial charge in [0.1, 0.15) is 12.4 Å². The Kier molecular flexibility index (Phi) is 7.35. The quantitative estimate of drug-likeness (QED) is 0.395. The summed E-state index contributed by atoms with van der Waals surface area (Å²) < 4.78 is 6.01. The molecule has 0 aliphatic carbocycles. The number of carbonyl (C=O) groups is 2. The Labute approximate surface area is 206 Å². The number of nitrogens with zero attached hydrogens (tertiary/aromatic N) is 2. The summed E-state index contributed by atoms with van der Waals surface area (Å²) in [5.41, 5.74) is 2.24. The maximum absolute atomic E-state index is 13.1. The number of rotatable bonds is 7. The van der Waals surface area contributed by atoms with Gasteiger partial charge >= 0.3 is 5.97 Å². The summed E-state index contributed by atoms with van der Waals surface area (Å²) in [6.07, 6.45) is 1.79. The molecule has 34 heavy (non-hydrogen) atoms. The first kappa shape index (κ1) is 23.6. The van der Waals surface area contributed by atoms with E-state index >= 15 is 0 Å². The summed E-state index contributed by atoms with van der Waals surface area (Å²) in [4.78, 5) is 30.9. The van der Waals surface area contributed by atoms with Gasteiger partial charge in [0.05, 0.1) is 16.2 Å². The van der Waals surface area contributed by atoms with E-state index in [4.69, 9.17) is 16.3 Å². The van der Waals surface area contributed by atoms with E-state index in [2.05, 4.69) is 4.99 Å². The number of carboxylic acid groups (broad SMARTS) is 1. The van der Waals surface area contributed by atoms with Gasteiger partial charge in [-0.05, 0) is 55.1 Å². The fourth-order valence-electron chi connectivity index (χ4n) is 3.33. The van der Waals surface area contributed by atoms with Gasteiger partial charge in [0, 0.05) is 22.7 Å². The lowest BCUT2D eigenvalue weighted by Crippen LogP contribution is -2.28. The smallest absolute Gasteiger partial charge is 0.335 e. The van der Waals surface area contributed by atoms with Crippen molar-refractivity contribution in [3.05, 3.63) is 99.4 Å². The van der Waals surface area contributed by atoms with Crippen LogP contribution in [-0.4, -0.2) is 33.6 Å². The first-order valence-corrected chi connectivity index (χ1v) is 11.7. The average Bonchev–Trinajstić information content (AvgIpc) is 3.13. The molecular weight excluding hydrogens is 472 g/mol. The third kappa shape index (κ3) is 5.32. The second-order valence-corrected chi connectivity index (χ2v) is 8.74. The number of halogens is 1. The van der Waals surface area contributed by atoms with Gasteiger partial charge in [-0.15, -0.1) is 0 Å². The molecule has 1 fully saturated rings. The molecule has 0 atom stereocenters. The van der Waals surface area contributed by atoms with E-state index in [9.17, 15) is 14.7 Å². The van der Waals surface area contributed by atoms with Crippen LogP contribution in [0.25, 0.3) is 6.08 Å². The normalized spacial score (nSPS) is 15.8. The lowest BCUT2D eigenvalue weighted by atomic mass is 10.1. The van der Waals surface area contributed by atoms with Gasteiger partial charge in [0.2, 0.25) is 0 Å². The van der Waals surface area contributed by atoms with Crippen molar-refractivity contribution in [3.63, 3.8) is 0 Å². The minimum atomic E-state index is -1.03. The van der Waals surface area contributed by atoms with Crippen LogP contribution in [0.3, 0.4) is 0 Å². The number of aromatic carboxylic acids is 1. The molecule has 1 aliphatic rings. The fraction of sp³-hybridized carbons (Fsp3) is 0.115. The Morgan fingerprint density at radius 1 is 1.12 bits per heavy atom. The second-order valence-electron chi connectivity index (χ2n) is 7.33. The molecule has 1 heterocycles. The van der Waals surface area contributed by atoms with E-state index in [1.54, 1.807) is 23.1 Å². The number of benzene rings is 3. The van der Waals surface area contributed by atoms with Gasteiger partial charge in [-0.25, -0.2) is 9.79 Å². The van der Waals surface area contributed by atoms with Crippen LogP contribution in [0.15, 0.2) is 82.7 Å².